The summed E-state index contributed by atoms with van der Waals surface area (Å²) in [6, 6.07) is 9.27. The van der Waals surface area contributed by atoms with Gasteiger partial charge in [0.1, 0.15) is 11.6 Å². The monoisotopic (exact) mass is 488 g/mol. The van der Waals surface area contributed by atoms with Crippen LogP contribution >= 0.6 is 23.2 Å². The Kier molecular flexibility index (Phi) is 6.72. The molecule has 9 heteroatoms. The van der Waals surface area contributed by atoms with E-state index in [2.05, 4.69) is 4.98 Å². The summed E-state index contributed by atoms with van der Waals surface area (Å²) in [6.45, 7) is 0. The molecule has 0 atom stereocenters. The van der Waals surface area contributed by atoms with Crippen molar-refractivity contribution in [3.05, 3.63) is 69.3 Å². The van der Waals surface area contributed by atoms with Gasteiger partial charge in [0.15, 0.2) is 5.69 Å². The van der Waals surface area contributed by atoms with Gasteiger partial charge >= 0.3 is 0 Å². The highest BCUT2D eigenvalue weighted by molar-refractivity contribution is 6.31. The first kappa shape index (κ1) is 23.3. The Balaban J connectivity index is 2.07. The van der Waals surface area contributed by atoms with Gasteiger partial charge in [0.2, 0.25) is 5.91 Å². The molecule has 1 aromatic heterocycles. The van der Waals surface area contributed by atoms with Crippen LogP contribution in [0.3, 0.4) is 0 Å². The maximum absolute atomic E-state index is 13.9. The number of primary amides is 2. The van der Waals surface area contributed by atoms with E-state index in [0.29, 0.717) is 33.4 Å². The van der Waals surface area contributed by atoms with Gasteiger partial charge in [0.05, 0.1) is 22.8 Å². The summed E-state index contributed by atoms with van der Waals surface area (Å²) in [6.07, 6.45) is 4.94. The molecule has 6 nitrogen and oxygen atoms in total. The highest BCUT2D eigenvalue weighted by atomic mass is 35.5. The number of amides is 2. The van der Waals surface area contributed by atoms with Gasteiger partial charge in [-0.2, -0.15) is 0 Å². The molecule has 1 aliphatic rings. The van der Waals surface area contributed by atoms with Crippen LogP contribution in [-0.4, -0.2) is 21.4 Å². The van der Waals surface area contributed by atoms with E-state index in [4.69, 9.17) is 34.7 Å². The Morgan fingerprint density at radius 1 is 1.06 bits per heavy atom. The second kappa shape index (κ2) is 9.53. The fraction of sp³-hybridized carbons (Fsp3) is 0.292. The van der Waals surface area contributed by atoms with E-state index in [-0.39, 0.29) is 23.1 Å². The number of aromatic nitrogens is 2. The lowest BCUT2D eigenvalue weighted by atomic mass is 9.88. The van der Waals surface area contributed by atoms with Crippen LogP contribution in [0.25, 0.3) is 16.9 Å². The van der Waals surface area contributed by atoms with Crippen molar-refractivity contribution in [2.45, 2.75) is 44.4 Å². The van der Waals surface area contributed by atoms with Crippen LogP contribution in [0.5, 0.6) is 0 Å². The number of hydrogen-bond donors (Lipinski definition) is 2. The lowest BCUT2D eigenvalue weighted by Crippen LogP contribution is -2.17. The molecule has 1 saturated carbocycles. The number of imidazole rings is 1. The van der Waals surface area contributed by atoms with Crippen molar-refractivity contribution in [2.75, 3.05) is 0 Å². The number of rotatable bonds is 6. The van der Waals surface area contributed by atoms with Gasteiger partial charge in [-0.1, -0.05) is 48.5 Å². The molecule has 1 heterocycles. The zero-order chi connectivity index (χ0) is 23.7. The smallest absolute Gasteiger partial charge is 0.269 e. The van der Waals surface area contributed by atoms with Crippen molar-refractivity contribution in [2.24, 2.45) is 11.5 Å². The molecule has 1 aliphatic carbocycles. The quantitative estimate of drug-likeness (QED) is 0.500. The van der Waals surface area contributed by atoms with Crippen molar-refractivity contribution < 1.29 is 14.0 Å². The highest BCUT2D eigenvalue weighted by Crippen LogP contribution is 2.39. The molecule has 0 bridgehead atoms. The van der Waals surface area contributed by atoms with Gasteiger partial charge < -0.3 is 11.5 Å². The Morgan fingerprint density at radius 3 is 2.42 bits per heavy atom. The largest absolute Gasteiger partial charge is 0.369 e. The van der Waals surface area contributed by atoms with Gasteiger partial charge in [0.25, 0.3) is 5.91 Å². The molecule has 0 unspecified atom stereocenters. The van der Waals surface area contributed by atoms with Crippen molar-refractivity contribution in [3.63, 3.8) is 0 Å². The van der Waals surface area contributed by atoms with E-state index in [1.165, 1.54) is 18.2 Å². The molecule has 1 fully saturated rings. The molecule has 0 saturated heterocycles. The fourth-order valence-electron chi connectivity index (χ4n) is 4.48. The molecule has 2 aromatic carbocycles. The van der Waals surface area contributed by atoms with Crippen LogP contribution in [-0.2, 0) is 11.2 Å². The normalized spacial score (nSPS) is 14.4. The third-order valence-corrected chi connectivity index (χ3v) is 6.48. The molecule has 0 radical (unpaired) electrons. The summed E-state index contributed by atoms with van der Waals surface area (Å²) in [4.78, 5) is 29.0. The minimum atomic E-state index is -0.722. The van der Waals surface area contributed by atoms with Crippen molar-refractivity contribution >= 4 is 35.0 Å². The number of benzene rings is 2. The minimum absolute atomic E-state index is 0.0374. The van der Waals surface area contributed by atoms with Gasteiger partial charge in [-0.25, -0.2) is 9.37 Å². The number of carbonyl (C=O) groups excluding carboxylic acids is 2. The Bertz CT molecular complexity index is 1240. The lowest BCUT2D eigenvalue weighted by molar-refractivity contribution is -0.117. The predicted molar refractivity (Wildman–Crippen MR) is 126 cm³/mol. The van der Waals surface area contributed by atoms with Crippen LogP contribution in [0, 0.1) is 5.82 Å². The Morgan fingerprint density at radius 2 is 1.79 bits per heavy atom. The van der Waals surface area contributed by atoms with E-state index in [1.807, 2.05) is 4.57 Å². The number of carbonyl (C=O) groups is 2. The third-order valence-electron chi connectivity index (χ3n) is 5.95. The standard InChI is InChI=1S/C24H23Cl2FN4O2/c25-16-8-6-14(11-20(28)32)19(12-16)31-22(15-7-9-18(27)17(26)10-15)21(23(29)33)30-24(31)13-4-2-1-3-5-13/h6-10,12-13H,1-5,11H2,(H2,28,32)(H2,29,33). The molecule has 4 rings (SSSR count). The molecular formula is C24H23Cl2FN4O2. The summed E-state index contributed by atoms with van der Waals surface area (Å²) in [5, 5.41) is 0.337. The maximum atomic E-state index is 13.9. The van der Waals surface area contributed by atoms with Gasteiger partial charge in [0, 0.05) is 16.5 Å². The first-order valence-electron chi connectivity index (χ1n) is 10.7. The Labute approximate surface area is 200 Å². The molecule has 2 amide bonds. The SMILES string of the molecule is NC(=O)Cc1ccc(Cl)cc1-n1c(C2CCCCC2)nc(C(N)=O)c1-c1ccc(F)c(Cl)c1. The molecule has 172 valence electrons. The predicted octanol–water partition coefficient (Wildman–Crippen LogP) is 5.16. The molecule has 0 spiro atoms. The van der Waals surface area contributed by atoms with E-state index in [1.54, 1.807) is 18.2 Å². The van der Waals surface area contributed by atoms with E-state index in [9.17, 15) is 14.0 Å². The van der Waals surface area contributed by atoms with E-state index >= 15 is 0 Å². The molecule has 3 aromatic rings. The number of hydrogen-bond acceptors (Lipinski definition) is 3. The number of nitrogens with two attached hydrogens (primary N) is 2. The average Bonchev–Trinajstić information content (AvgIpc) is 3.18. The average molecular weight is 489 g/mol. The van der Waals surface area contributed by atoms with Crippen molar-refractivity contribution in [1.82, 2.24) is 9.55 Å². The summed E-state index contributed by atoms with van der Waals surface area (Å²) < 4.78 is 15.7. The highest BCUT2D eigenvalue weighted by Gasteiger charge is 2.30. The van der Waals surface area contributed by atoms with Crippen molar-refractivity contribution in [3.8, 4) is 16.9 Å². The minimum Gasteiger partial charge on any atom is -0.369 e. The Hall–Kier alpha value is -2.90. The maximum Gasteiger partial charge on any atom is 0.269 e. The first-order valence-corrected chi connectivity index (χ1v) is 11.5. The molecule has 33 heavy (non-hydrogen) atoms. The number of halogens is 3. The molecule has 4 N–H and O–H groups in total. The lowest BCUT2D eigenvalue weighted by Gasteiger charge is -2.24. The third kappa shape index (κ3) is 4.75. The van der Waals surface area contributed by atoms with E-state index in [0.717, 1.165) is 32.1 Å². The van der Waals surface area contributed by atoms with Gasteiger partial charge in [-0.3, -0.25) is 14.2 Å². The summed E-state index contributed by atoms with van der Waals surface area (Å²) >= 11 is 12.4. The van der Waals surface area contributed by atoms with Crippen molar-refractivity contribution in [1.29, 1.82) is 0 Å². The van der Waals surface area contributed by atoms with Crippen LogP contribution < -0.4 is 11.5 Å². The van der Waals surface area contributed by atoms with E-state index < -0.39 is 17.6 Å². The van der Waals surface area contributed by atoms with Crippen LogP contribution in [0.1, 0.15) is 59.9 Å². The molecule has 0 aliphatic heterocycles. The van der Waals surface area contributed by atoms with Crippen LogP contribution in [0.15, 0.2) is 36.4 Å². The second-order valence-electron chi connectivity index (χ2n) is 8.25. The van der Waals surface area contributed by atoms with Gasteiger partial charge in [-0.15, -0.1) is 0 Å². The fourth-order valence-corrected chi connectivity index (χ4v) is 4.83. The summed E-state index contributed by atoms with van der Waals surface area (Å²) in [5.41, 5.74) is 13.3. The summed E-state index contributed by atoms with van der Waals surface area (Å²) in [5.74, 6) is -1.11. The molecular weight excluding hydrogens is 466 g/mol. The van der Waals surface area contributed by atoms with Crippen LogP contribution in [0.4, 0.5) is 4.39 Å². The second-order valence-corrected chi connectivity index (χ2v) is 9.09. The topological polar surface area (TPSA) is 104 Å². The van der Waals surface area contributed by atoms with Crippen LogP contribution in [0.2, 0.25) is 10.0 Å². The zero-order valence-electron chi connectivity index (χ0n) is 17.8. The summed E-state index contributed by atoms with van der Waals surface area (Å²) in [7, 11) is 0. The number of nitrogens with zero attached hydrogens (tertiary/aromatic N) is 2. The zero-order valence-corrected chi connectivity index (χ0v) is 19.3. The first-order chi connectivity index (χ1) is 15.8. The van der Waals surface area contributed by atoms with Gasteiger partial charge in [-0.05, 0) is 48.7 Å².